The first-order valence-electron chi connectivity index (χ1n) is 8.32. The number of oxazole rings is 1. The van der Waals surface area contributed by atoms with Gasteiger partial charge >= 0.3 is 0 Å². The van der Waals surface area contributed by atoms with E-state index in [-0.39, 0.29) is 25.0 Å². The Morgan fingerprint density at radius 2 is 2.19 bits per heavy atom. The summed E-state index contributed by atoms with van der Waals surface area (Å²) in [6.07, 6.45) is 3.03. The molecule has 1 aliphatic heterocycles. The predicted octanol–water partition coefficient (Wildman–Crippen LogP) is 1.95. The van der Waals surface area contributed by atoms with Gasteiger partial charge in [0.15, 0.2) is 23.8 Å². The molecule has 3 heterocycles. The molecular formula is C18H18N4O5. The maximum Gasteiger partial charge on any atom is 0.273 e. The van der Waals surface area contributed by atoms with Gasteiger partial charge in [-0.1, -0.05) is 0 Å². The Hall–Kier alpha value is -3.49. The van der Waals surface area contributed by atoms with E-state index in [0.717, 1.165) is 11.3 Å². The fraction of sp³-hybridized carbons (Fsp3) is 0.278. The number of rotatable bonds is 6. The Morgan fingerprint density at radius 1 is 1.33 bits per heavy atom. The van der Waals surface area contributed by atoms with E-state index in [1.165, 1.54) is 6.26 Å². The van der Waals surface area contributed by atoms with Crippen molar-refractivity contribution in [3.8, 4) is 17.2 Å². The topological polar surface area (TPSA) is 101 Å². The molecule has 9 nitrogen and oxygen atoms in total. The minimum absolute atomic E-state index is 0.0919. The third kappa shape index (κ3) is 3.57. The predicted molar refractivity (Wildman–Crippen MR) is 92.5 cm³/mol. The molecule has 1 N–H and O–H groups in total. The minimum atomic E-state index is -0.323. The second kappa shape index (κ2) is 7.02. The van der Waals surface area contributed by atoms with Crippen molar-refractivity contribution in [2.75, 3.05) is 6.79 Å². The molecule has 0 saturated carbocycles. The van der Waals surface area contributed by atoms with Gasteiger partial charge in [-0.15, -0.1) is 0 Å². The van der Waals surface area contributed by atoms with E-state index in [0.29, 0.717) is 29.7 Å². The zero-order valence-corrected chi connectivity index (χ0v) is 14.9. The Kier molecular flexibility index (Phi) is 4.41. The first-order valence-corrected chi connectivity index (χ1v) is 8.32. The van der Waals surface area contributed by atoms with E-state index in [9.17, 15) is 4.79 Å². The van der Waals surface area contributed by atoms with Crippen molar-refractivity contribution in [1.82, 2.24) is 20.1 Å². The molecule has 0 fully saturated rings. The summed E-state index contributed by atoms with van der Waals surface area (Å²) in [6, 6.07) is 5.27. The van der Waals surface area contributed by atoms with Crippen molar-refractivity contribution in [2.45, 2.75) is 20.1 Å². The van der Waals surface area contributed by atoms with E-state index in [4.69, 9.17) is 18.6 Å². The Balaban J connectivity index is 1.32. The number of carbonyl (C=O) groups is 1. The number of ether oxygens (including phenoxy) is 3. The van der Waals surface area contributed by atoms with E-state index in [1.54, 1.807) is 29.1 Å². The van der Waals surface area contributed by atoms with Crippen LogP contribution in [0.25, 0.3) is 0 Å². The number of carbonyl (C=O) groups excluding carboxylic acids is 1. The van der Waals surface area contributed by atoms with Gasteiger partial charge in [0.25, 0.3) is 5.91 Å². The van der Waals surface area contributed by atoms with Crippen LogP contribution in [0.4, 0.5) is 0 Å². The molecular weight excluding hydrogens is 352 g/mol. The fourth-order valence-electron chi connectivity index (χ4n) is 2.58. The van der Waals surface area contributed by atoms with Crippen molar-refractivity contribution in [3.63, 3.8) is 0 Å². The first-order chi connectivity index (χ1) is 13.1. The lowest BCUT2D eigenvalue weighted by Gasteiger charge is -2.04. The average molecular weight is 370 g/mol. The molecule has 1 aliphatic rings. The molecule has 3 aromatic rings. The van der Waals surface area contributed by atoms with Crippen LogP contribution in [0.2, 0.25) is 0 Å². The highest BCUT2D eigenvalue weighted by Crippen LogP contribution is 2.35. The van der Waals surface area contributed by atoms with Crippen LogP contribution < -0.4 is 19.5 Å². The third-order valence-corrected chi connectivity index (χ3v) is 4.27. The highest BCUT2D eigenvalue weighted by Gasteiger charge is 2.16. The summed E-state index contributed by atoms with van der Waals surface area (Å²) >= 11 is 0. The molecule has 0 spiro atoms. The van der Waals surface area contributed by atoms with E-state index in [1.807, 2.05) is 14.0 Å². The quantitative estimate of drug-likeness (QED) is 0.708. The molecule has 1 amide bonds. The van der Waals surface area contributed by atoms with Crippen LogP contribution in [0.15, 0.2) is 35.1 Å². The molecule has 27 heavy (non-hydrogen) atoms. The molecule has 0 radical (unpaired) electrons. The van der Waals surface area contributed by atoms with Gasteiger partial charge in [-0.05, 0) is 19.1 Å². The Labute approximate surface area is 154 Å². The molecule has 0 bridgehead atoms. The second-order valence-corrected chi connectivity index (χ2v) is 5.99. The van der Waals surface area contributed by atoms with Crippen LogP contribution in [0.5, 0.6) is 17.2 Å². The van der Waals surface area contributed by atoms with Crippen LogP contribution in [-0.4, -0.2) is 27.5 Å². The van der Waals surface area contributed by atoms with Gasteiger partial charge in [0.1, 0.15) is 12.0 Å². The van der Waals surface area contributed by atoms with Gasteiger partial charge in [-0.2, -0.15) is 5.10 Å². The molecule has 9 heteroatoms. The maximum absolute atomic E-state index is 12.2. The summed E-state index contributed by atoms with van der Waals surface area (Å²) in [4.78, 5) is 16.4. The number of aryl methyl sites for hydroxylation is 1. The smallest absolute Gasteiger partial charge is 0.273 e. The van der Waals surface area contributed by atoms with Gasteiger partial charge in [0, 0.05) is 30.9 Å². The molecule has 0 saturated heterocycles. The van der Waals surface area contributed by atoms with Gasteiger partial charge in [0.2, 0.25) is 12.7 Å². The molecule has 2 aromatic heterocycles. The second-order valence-electron chi connectivity index (χ2n) is 5.99. The van der Waals surface area contributed by atoms with Crippen molar-refractivity contribution < 1.29 is 23.4 Å². The van der Waals surface area contributed by atoms with Crippen LogP contribution >= 0.6 is 0 Å². The van der Waals surface area contributed by atoms with Gasteiger partial charge < -0.3 is 23.9 Å². The zero-order valence-electron chi connectivity index (χ0n) is 14.9. The summed E-state index contributed by atoms with van der Waals surface area (Å²) < 4.78 is 23.2. The number of nitrogens with zero attached hydrogens (tertiary/aromatic N) is 3. The van der Waals surface area contributed by atoms with Crippen LogP contribution in [-0.2, 0) is 20.2 Å². The van der Waals surface area contributed by atoms with Crippen molar-refractivity contribution in [2.24, 2.45) is 7.05 Å². The lowest BCUT2D eigenvalue weighted by atomic mass is 10.2. The fourth-order valence-corrected chi connectivity index (χ4v) is 2.58. The largest absolute Gasteiger partial charge is 0.484 e. The number of benzene rings is 1. The normalized spacial score (nSPS) is 12.2. The highest BCUT2D eigenvalue weighted by molar-refractivity contribution is 5.91. The standard InChI is InChI=1S/C18H18N4O5/c1-11-12(7-20-22(11)2)6-19-18(23)14-8-25-17(21-14)9-24-13-3-4-15-16(5-13)27-10-26-15/h3-5,7-8H,6,9-10H2,1-2H3,(H,19,23). The zero-order chi connectivity index (χ0) is 18.8. The van der Waals surface area contributed by atoms with Crippen LogP contribution in [0, 0.1) is 6.92 Å². The molecule has 140 valence electrons. The van der Waals surface area contributed by atoms with E-state index >= 15 is 0 Å². The molecule has 0 atom stereocenters. The molecule has 0 aliphatic carbocycles. The summed E-state index contributed by atoms with van der Waals surface area (Å²) in [5.41, 5.74) is 2.13. The maximum atomic E-state index is 12.2. The summed E-state index contributed by atoms with van der Waals surface area (Å²) in [6.45, 7) is 2.61. The average Bonchev–Trinajstić information content (AvgIpc) is 3.40. The number of fused-ring (bicyclic) bond motifs is 1. The first kappa shape index (κ1) is 17.0. The number of amides is 1. The lowest BCUT2D eigenvalue weighted by molar-refractivity contribution is 0.0945. The summed E-state index contributed by atoms with van der Waals surface area (Å²) in [5.74, 6) is 1.88. The van der Waals surface area contributed by atoms with E-state index < -0.39 is 0 Å². The molecule has 1 aromatic carbocycles. The molecule has 4 rings (SSSR count). The minimum Gasteiger partial charge on any atom is -0.484 e. The lowest BCUT2D eigenvalue weighted by Crippen LogP contribution is -2.23. The SMILES string of the molecule is Cc1c(CNC(=O)c2coc(COc3ccc4c(c3)OCO4)n2)cnn1C. The number of nitrogens with one attached hydrogen (secondary N) is 1. The van der Waals surface area contributed by atoms with E-state index in [2.05, 4.69) is 15.4 Å². The monoisotopic (exact) mass is 370 g/mol. The number of aromatic nitrogens is 3. The van der Waals surface area contributed by atoms with Gasteiger partial charge in [-0.3, -0.25) is 9.48 Å². The third-order valence-electron chi connectivity index (χ3n) is 4.27. The van der Waals surface area contributed by atoms with Crippen molar-refractivity contribution in [1.29, 1.82) is 0 Å². The highest BCUT2D eigenvalue weighted by atomic mass is 16.7. The molecule has 0 unspecified atom stereocenters. The Morgan fingerprint density at radius 3 is 3.00 bits per heavy atom. The van der Waals surface area contributed by atoms with Crippen LogP contribution in [0.1, 0.15) is 27.6 Å². The number of hydrogen-bond donors (Lipinski definition) is 1. The van der Waals surface area contributed by atoms with Gasteiger partial charge in [-0.25, -0.2) is 4.98 Å². The van der Waals surface area contributed by atoms with Crippen molar-refractivity contribution in [3.05, 3.63) is 53.5 Å². The van der Waals surface area contributed by atoms with Crippen LogP contribution in [0.3, 0.4) is 0 Å². The van der Waals surface area contributed by atoms with Crippen molar-refractivity contribution >= 4 is 5.91 Å². The summed E-state index contributed by atoms with van der Waals surface area (Å²) in [7, 11) is 1.85. The number of hydrogen-bond acceptors (Lipinski definition) is 7. The van der Waals surface area contributed by atoms with Gasteiger partial charge in [0.05, 0.1) is 6.20 Å². The Bertz CT molecular complexity index is 978. The summed E-state index contributed by atoms with van der Waals surface area (Å²) in [5, 5.41) is 6.94.